The lowest BCUT2D eigenvalue weighted by Crippen LogP contribution is -2.34. The molecule has 0 unspecified atom stereocenters. The van der Waals surface area contributed by atoms with Crippen LogP contribution in [0.3, 0.4) is 0 Å². The maximum absolute atomic E-state index is 13.7. The van der Waals surface area contributed by atoms with Gasteiger partial charge in [0, 0.05) is 17.1 Å². The van der Waals surface area contributed by atoms with Crippen LogP contribution < -0.4 is 10.5 Å². The van der Waals surface area contributed by atoms with E-state index in [-0.39, 0.29) is 17.1 Å². The van der Waals surface area contributed by atoms with Crippen molar-refractivity contribution in [1.82, 2.24) is 4.72 Å². The summed E-state index contributed by atoms with van der Waals surface area (Å²) in [5.74, 6) is -1.22. The highest BCUT2D eigenvalue weighted by Crippen LogP contribution is 2.24. The lowest BCUT2D eigenvalue weighted by molar-refractivity contribution is -0.121. The topological polar surface area (TPSA) is 72.2 Å². The average molecular weight is 321 g/mol. The van der Waals surface area contributed by atoms with E-state index in [2.05, 4.69) is 0 Å². The first-order valence-electron chi connectivity index (χ1n) is 4.81. The minimum atomic E-state index is -4.75. The van der Waals surface area contributed by atoms with Crippen molar-refractivity contribution in [3.63, 3.8) is 0 Å². The van der Waals surface area contributed by atoms with Crippen molar-refractivity contribution in [2.24, 2.45) is 5.73 Å². The molecule has 0 saturated carbocycles. The van der Waals surface area contributed by atoms with Crippen LogP contribution in [0.4, 0.5) is 17.6 Å². The number of nitrogens with two attached hydrogens (primary N) is 1. The molecule has 0 spiro atoms. The van der Waals surface area contributed by atoms with Gasteiger partial charge in [-0.05, 0) is 12.1 Å². The summed E-state index contributed by atoms with van der Waals surface area (Å²) < 4.78 is 74.0. The molecule has 1 aromatic carbocycles. The van der Waals surface area contributed by atoms with E-state index in [4.69, 9.17) is 17.3 Å². The Labute approximate surface area is 111 Å². The Kier molecular flexibility index (Phi) is 4.77. The summed E-state index contributed by atoms with van der Waals surface area (Å²) in [5.41, 5.74) is 4.97. The zero-order chi connectivity index (χ0) is 14.8. The van der Waals surface area contributed by atoms with Crippen LogP contribution in [0.15, 0.2) is 17.0 Å². The molecule has 19 heavy (non-hydrogen) atoms. The zero-order valence-electron chi connectivity index (χ0n) is 9.26. The summed E-state index contributed by atoms with van der Waals surface area (Å²) in [6, 6.07) is 1.81. The summed E-state index contributed by atoms with van der Waals surface area (Å²) >= 11 is 5.56. The first kappa shape index (κ1) is 16.2. The maximum atomic E-state index is 13.7. The summed E-state index contributed by atoms with van der Waals surface area (Å²) in [4.78, 5) is -0.968. The lowest BCUT2D eigenvalue weighted by atomic mass is 10.2. The molecule has 0 amide bonds. The van der Waals surface area contributed by atoms with Gasteiger partial charge >= 0.3 is 6.18 Å². The Morgan fingerprint density at radius 2 is 1.89 bits per heavy atom. The fraction of sp³-hybridized carbons (Fsp3) is 0.333. The van der Waals surface area contributed by atoms with Crippen LogP contribution in [0.1, 0.15) is 5.56 Å². The van der Waals surface area contributed by atoms with Gasteiger partial charge in [-0.15, -0.1) is 0 Å². The van der Waals surface area contributed by atoms with Gasteiger partial charge in [-0.25, -0.2) is 17.5 Å². The molecule has 3 N–H and O–H groups in total. The van der Waals surface area contributed by atoms with Gasteiger partial charge in [0.15, 0.2) is 0 Å². The second kappa shape index (κ2) is 5.61. The van der Waals surface area contributed by atoms with Crippen LogP contribution in [0.2, 0.25) is 5.02 Å². The van der Waals surface area contributed by atoms with Gasteiger partial charge < -0.3 is 5.73 Å². The number of sulfonamides is 1. The molecule has 0 aliphatic heterocycles. The van der Waals surface area contributed by atoms with Crippen LogP contribution >= 0.6 is 11.6 Å². The third-order valence-corrected chi connectivity index (χ3v) is 3.67. The Hall–Kier alpha value is -0.900. The predicted molar refractivity (Wildman–Crippen MR) is 60.5 cm³/mol. The Morgan fingerprint density at radius 3 is 2.37 bits per heavy atom. The van der Waals surface area contributed by atoms with E-state index in [0.717, 1.165) is 12.1 Å². The number of hydrogen-bond donors (Lipinski definition) is 2. The van der Waals surface area contributed by atoms with Crippen molar-refractivity contribution in [2.45, 2.75) is 17.6 Å². The molecule has 0 atom stereocenters. The standard InChI is InChI=1S/C9H9ClF4N2O2S/c10-6-1-5(3-15)8(11)7(2-6)19(17,18)16-4-9(12,13)14/h1-2,16H,3-4,15H2. The number of alkyl halides is 3. The molecular weight excluding hydrogens is 312 g/mol. The van der Waals surface area contributed by atoms with Crippen molar-refractivity contribution in [3.05, 3.63) is 28.5 Å². The third kappa shape index (κ3) is 4.30. The Balaban J connectivity index is 3.18. The van der Waals surface area contributed by atoms with Crippen LogP contribution in [0.25, 0.3) is 0 Å². The highest BCUT2D eigenvalue weighted by Gasteiger charge is 2.31. The smallest absolute Gasteiger partial charge is 0.326 e. The quantitative estimate of drug-likeness (QED) is 0.831. The van der Waals surface area contributed by atoms with Crippen LogP contribution in [-0.4, -0.2) is 21.1 Å². The molecule has 1 rings (SSSR count). The fourth-order valence-corrected chi connectivity index (χ4v) is 2.68. The second-order valence-electron chi connectivity index (χ2n) is 3.52. The molecular formula is C9H9ClF4N2O2S. The first-order chi connectivity index (χ1) is 8.57. The van der Waals surface area contributed by atoms with Gasteiger partial charge in [0.1, 0.15) is 17.3 Å². The summed E-state index contributed by atoms with van der Waals surface area (Å²) in [6.07, 6.45) is -4.75. The Morgan fingerprint density at radius 1 is 1.32 bits per heavy atom. The normalized spacial score (nSPS) is 12.7. The van der Waals surface area contributed by atoms with E-state index < -0.39 is 33.5 Å². The monoisotopic (exact) mass is 320 g/mol. The highest BCUT2D eigenvalue weighted by molar-refractivity contribution is 7.89. The number of hydrogen-bond acceptors (Lipinski definition) is 3. The molecule has 0 fully saturated rings. The second-order valence-corrected chi connectivity index (χ2v) is 5.69. The van der Waals surface area contributed by atoms with E-state index in [1.165, 1.54) is 4.72 Å². The van der Waals surface area contributed by atoms with Crippen LogP contribution in [-0.2, 0) is 16.6 Å². The van der Waals surface area contributed by atoms with Crippen molar-refractivity contribution in [3.8, 4) is 0 Å². The number of rotatable bonds is 4. The van der Waals surface area contributed by atoms with E-state index >= 15 is 0 Å². The average Bonchev–Trinajstić information content (AvgIpc) is 2.28. The van der Waals surface area contributed by atoms with Crippen LogP contribution in [0.5, 0.6) is 0 Å². The minimum absolute atomic E-state index is 0.144. The molecule has 0 saturated heterocycles. The summed E-state index contributed by atoms with van der Waals surface area (Å²) in [5, 5.41) is -0.144. The first-order valence-corrected chi connectivity index (χ1v) is 6.67. The van der Waals surface area contributed by atoms with Crippen molar-refractivity contribution >= 4 is 21.6 Å². The third-order valence-electron chi connectivity index (χ3n) is 2.05. The summed E-state index contributed by atoms with van der Waals surface area (Å²) in [6.45, 7) is -2.15. The van der Waals surface area contributed by atoms with E-state index in [1.807, 2.05) is 0 Å². The molecule has 108 valence electrons. The Bertz CT molecular complexity index is 574. The van der Waals surface area contributed by atoms with Gasteiger partial charge in [0.25, 0.3) is 0 Å². The van der Waals surface area contributed by atoms with Gasteiger partial charge in [0.05, 0.1) is 0 Å². The van der Waals surface area contributed by atoms with Gasteiger partial charge in [0.2, 0.25) is 10.0 Å². The molecule has 0 aliphatic carbocycles. The molecule has 0 radical (unpaired) electrons. The molecule has 0 heterocycles. The van der Waals surface area contributed by atoms with Crippen molar-refractivity contribution in [2.75, 3.05) is 6.54 Å². The van der Waals surface area contributed by atoms with Gasteiger partial charge in [-0.2, -0.15) is 13.2 Å². The predicted octanol–water partition coefficient (Wildman–Crippen LogP) is 1.78. The number of nitrogens with one attached hydrogen (secondary N) is 1. The van der Waals surface area contributed by atoms with Crippen LogP contribution in [0, 0.1) is 5.82 Å². The maximum Gasteiger partial charge on any atom is 0.402 e. The molecule has 4 nitrogen and oxygen atoms in total. The van der Waals surface area contributed by atoms with E-state index in [9.17, 15) is 26.0 Å². The molecule has 0 aliphatic rings. The molecule has 10 heteroatoms. The molecule has 0 aromatic heterocycles. The highest BCUT2D eigenvalue weighted by atomic mass is 35.5. The zero-order valence-corrected chi connectivity index (χ0v) is 10.8. The lowest BCUT2D eigenvalue weighted by Gasteiger charge is -2.12. The van der Waals surface area contributed by atoms with Crippen molar-refractivity contribution < 1.29 is 26.0 Å². The molecule has 1 aromatic rings. The van der Waals surface area contributed by atoms with Crippen molar-refractivity contribution in [1.29, 1.82) is 0 Å². The van der Waals surface area contributed by atoms with E-state index in [1.54, 1.807) is 0 Å². The summed E-state index contributed by atoms with van der Waals surface area (Å²) in [7, 11) is -4.66. The number of benzene rings is 1. The number of halogens is 5. The SMILES string of the molecule is NCc1cc(Cl)cc(S(=O)(=O)NCC(F)(F)F)c1F. The fourth-order valence-electron chi connectivity index (χ4n) is 1.22. The largest absolute Gasteiger partial charge is 0.402 e. The van der Waals surface area contributed by atoms with Gasteiger partial charge in [-0.3, -0.25) is 0 Å². The van der Waals surface area contributed by atoms with E-state index in [0.29, 0.717) is 0 Å². The minimum Gasteiger partial charge on any atom is -0.326 e. The molecule has 0 bridgehead atoms. The van der Waals surface area contributed by atoms with Gasteiger partial charge in [-0.1, -0.05) is 11.6 Å².